The van der Waals surface area contributed by atoms with Crippen LogP contribution in [0.5, 0.6) is 5.75 Å². The maximum absolute atomic E-state index is 14.3. The molecule has 36 heavy (non-hydrogen) atoms. The van der Waals surface area contributed by atoms with Crippen LogP contribution in [0, 0.1) is 17.7 Å². The number of halogens is 2. The van der Waals surface area contributed by atoms with Gasteiger partial charge in [-0.25, -0.2) is 9.07 Å². The molecular weight excluding hydrogens is 527 g/mol. The topological polar surface area (TPSA) is 79.1 Å². The van der Waals surface area contributed by atoms with Crippen LogP contribution in [0.2, 0.25) is 0 Å². The molecule has 0 saturated carbocycles. The molecule has 0 aliphatic carbocycles. The van der Waals surface area contributed by atoms with E-state index in [0.717, 1.165) is 16.9 Å². The molecule has 0 amide bonds. The molecule has 0 bridgehead atoms. The molecule has 7 nitrogen and oxygen atoms in total. The smallest absolute Gasteiger partial charge is 0.310 e. The molecule has 3 rings (SSSR count). The zero-order chi connectivity index (χ0) is 26.5. The van der Waals surface area contributed by atoms with Crippen LogP contribution in [-0.2, 0) is 22.5 Å². The van der Waals surface area contributed by atoms with Crippen molar-refractivity contribution in [3.8, 4) is 5.75 Å². The lowest BCUT2D eigenvalue weighted by atomic mass is 9.81. The second-order valence-corrected chi connectivity index (χ2v) is 11.3. The largest absolute Gasteiger partial charge is 0.497 e. The van der Waals surface area contributed by atoms with Crippen molar-refractivity contribution in [3.05, 3.63) is 69.7 Å². The molecule has 0 fully saturated rings. The first-order chi connectivity index (χ1) is 16.9. The molecule has 0 aliphatic heterocycles. The Morgan fingerprint density at radius 2 is 1.81 bits per heavy atom. The molecule has 0 spiro atoms. The summed E-state index contributed by atoms with van der Waals surface area (Å²) >= 11 is 3.38. The van der Waals surface area contributed by atoms with Crippen molar-refractivity contribution in [2.45, 2.75) is 65.5 Å². The summed E-state index contributed by atoms with van der Waals surface area (Å²) < 4.78 is 27.7. The number of aromatic nitrogens is 4. The Labute approximate surface area is 220 Å². The van der Waals surface area contributed by atoms with Gasteiger partial charge in [0.25, 0.3) is 0 Å². The summed E-state index contributed by atoms with van der Waals surface area (Å²) in [5, 5.41) is 12.5. The van der Waals surface area contributed by atoms with Crippen molar-refractivity contribution in [1.29, 1.82) is 0 Å². The van der Waals surface area contributed by atoms with Gasteiger partial charge in [-0.1, -0.05) is 41.9 Å². The average molecular weight is 561 g/mol. The fourth-order valence-corrected chi connectivity index (χ4v) is 4.71. The molecule has 194 valence electrons. The first-order valence-corrected chi connectivity index (χ1v) is 12.8. The van der Waals surface area contributed by atoms with Crippen molar-refractivity contribution >= 4 is 21.9 Å². The van der Waals surface area contributed by atoms with Crippen LogP contribution >= 0.6 is 15.9 Å². The minimum Gasteiger partial charge on any atom is -0.497 e. The number of tetrazole rings is 1. The molecule has 0 saturated heterocycles. The van der Waals surface area contributed by atoms with E-state index in [4.69, 9.17) is 9.47 Å². The number of carbonyl (C=O) groups excluding carboxylic acids is 1. The summed E-state index contributed by atoms with van der Waals surface area (Å²) in [6.07, 6.45) is 0.946. The molecule has 0 radical (unpaired) electrons. The first kappa shape index (κ1) is 27.8. The summed E-state index contributed by atoms with van der Waals surface area (Å²) in [4.78, 5) is 13.5. The predicted molar refractivity (Wildman–Crippen MR) is 139 cm³/mol. The van der Waals surface area contributed by atoms with Gasteiger partial charge >= 0.3 is 5.97 Å². The zero-order valence-corrected chi connectivity index (χ0v) is 23.3. The molecule has 1 aromatic heterocycles. The average Bonchev–Trinajstić information content (AvgIpc) is 3.22. The number of rotatable bonds is 10. The molecule has 0 N–H and O–H groups in total. The molecule has 1 unspecified atom stereocenters. The SMILES string of the molecule is COc1ccc(Cn2nnnc2[C@@H](Cc2cc(F)cc(Br)c2)C(CC(C)C)C(=O)OC(C)(C)C)cc1. The monoisotopic (exact) mass is 560 g/mol. The van der Waals surface area contributed by atoms with Crippen molar-refractivity contribution in [1.82, 2.24) is 20.2 Å². The Morgan fingerprint density at radius 1 is 1.11 bits per heavy atom. The summed E-state index contributed by atoms with van der Waals surface area (Å²) in [6, 6.07) is 12.4. The quantitative estimate of drug-likeness (QED) is 0.284. The van der Waals surface area contributed by atoms with Crippen LogP contribution in [0.25, 0.3) is 0 Å². The van der Waals surface area contributed by atoms with Gasteiger partial charge in [-0.2, -0.15) is 0 Å². The maximum atomic E-state index is 14.3. The lowest BCUT2D eigenvalue weighted by Crippen LogP contribution is -2.34. The van der Waals surface area contributed by atoms with E-state index < -0.39 is 17.4 Å². The number of carbonyl (C=O) groups is 1. The maximum Gasteiger partial charge on any atom is 0.310 e. The fourth-order valence-electron chi connectivity index (χ4n) is 4.20. The molecular formula is C27H34BrFN4O3. The van der Waals surface area contributed by atoms with Crippen molar-refractivity contribution in [3.63, 3.8) is 0 Å². The van der Waals surface area contributed by atoms with E-state index in [0.29, 0.717) is 29.7 Å². The summed E-state index contributed by atoms with van der Waals surface area (Å²) in [5.41, 5.74) is 1.07. The minimum atomic E-state index is -0.645. The molecule has 9 heteroatoms. The number of nitrogens with zero attached hydrogens (tertiary/aromatic N) is 4. The normalized spacial score (nSPS) is 13.5. The van der Waals surface area contributed by atoms with E-state index in [9.17, 15) is 9.18 Å². The zero-order valence-electron chi connectivity index (χ0n) is 21.7. The Bertz CT molecular complexity index is 1140. The van der Waals surface area contributed by atoms with E-state index in [1.54, 1.807) is 11.8 Å². The summed E-state index contributed by atoms with van der Waals surface area (Å²) in [5.74, 6) is -0.0783. The van der Waals surface area contributed by atoms with Gasteiger partial charge in [-0.05, 0) is 91.4 Å². The second kappa shape index (κ2) is 12.0. The summed E-state index contributed by atoms with van der Waals surface area (Å²) in [7, 11) is 1.62. The van der Waals surface area contributed by atoms with E-state index in [1.165, 1.54) is 12.1 Å². The van der Waals surface area contributed by atoms with Crippen molar-refractivity contribution in [2.24, 2.45) is 11.8 Å². The van der Waals surface area contributed by atoms with Gasteiger partial charge in [0, 0.05) is 10.4 Å². The standard InChI is InChI=1S/C27H34BrFN4O3/c1-17(2)11-24(26(34)36-27(3,4)5)23(14-19-12-20(28)15-21(29)13-19)25-30-31-32-33(25)16-18-7-9-22(35-6)10-8-18/h7-10,12-13,15,17,23-24H,11,14,16H2,1-6H3/t23-,24?/m0/s1. The molecule has 2 atom stereocenters. The van der Waals surface area contributed by atoms with Crippen LogP contribution in [0.15, 0.2) is 46.9 Å². The molecule has 3 aromatic rings. The van der Waals surface area contributed by atoms with Gasteiger partial charge in [0.15, 0.2) is 5.82 Å². The van der Waals surface area contributed by atoms with E-state index in [2.05, 4.69) is 45.3 Å². The fraction of sp³-hybridized carbons (Fsp3) is 0.481. The second-order valence-electron chi connectivity index (χ2n) is 10.4. The highest BCUT2D eigenvalue weighted by Crippen LogP contribution is 2.35. The van der Waals surface area contributed by atoms with Gasteiger partial charge in [-0.15, -0.1) is 5.10 Å². The predicted octanol–water partition coefficient (Wildman–Crippen LogP) is 5.96. The third-order valence-corrected chi connectivity index (χ3v) is 6.14. The lowest BCUT2D eigenvalue weighted by Gasteiger charge is -2.30. The first-order valence-electron chi connectivity index (χ1n) is 12.0. The number of methoxy groups -OCH3 is 1. The number of ether oxygens (including phenoxy) is 2. The Balaban J connectivity index is 2.04. The van der Waals surface area contributed by atoms with E-state index in [-0.39, 0.29) is 17.7 Å². The van der Waals surface area contributed by atoms with Crippen LogP contribution in [0.3, 0.4) is 0 Å². The van der Waals surface area contributed by atoms with Crippen LogP contribution < -0.4 is 4.74 Å². The minimum absolute atomic E-state index is 0.218. The highest BCUT2D eigenvalue weighted by molar-refractivity contribution is 9.10. The number of esters is 1. The number of hydrogen-bond acceptors (Lipinski definition) is 6. The lowest BCUT2D eigenvalue weighted by molar-refractivity contribution is -0.161. The highest BCUT2D eigenvalue weighted by atomic mass is 79.9. The van der Waals surface area contributed by atoms with Gasteiger partial charge < -0.3 is 9.47 Å². The van der Waals surface area contributed by atoms with E-state index >= 15 is 0 Å². The molecule has 0 aliphatic rings. The van der Waals surface area contributed by atoms with Crippen LogP contribution in [0.4, 0.5) is 4.39 Å². The van der Waals surface area contributed by atoms with Crippen LogP contribution in [0.1, 0.15) is 63.9 Å². The third-order valence-electron chi connectivity index (χ3n) is 5.68. The van der Waals surface area contributed by atoms with Gasteiger partial charge in [0.1, 0.15) is 17.2 Å². The third kappa shape index (κ3) is 7.85. The van der Waals surface area contributed by atoms with E-state index in [1.807, 2.05) is 51.1 Å². The van der Waals surface area contributed by atoms with Crippen LogP contribution in [-0.4, -0.2) is 38.9 Å². The van der Waals surface area contributed by atoms with Crippen molar-refractivity contribution < 1.29 is 18.7 Å². The van der Waals surface area contributed by atoms with Gasteiger partial charge in [0.2, 0.25) is 0 Å². The molecule has 1 heterocycles. The Hall–Kier alpha value is -2.81. The highest BCUT2D eigenvalue weighted by Gasteiger charge is 2.37. The Kier molecular flexibility index (Phi) is 9.22. The molecule has 2 aromatic carbocycles. The summed E-state index contributed by atoms with van der Waals surface area (Å²) in [6.45, 7) is 10.1. The number of benzene rings is 2. The number of hydrogen-bond donors (Lipinski definition) is 0. The van der Waals surface area contributed by atoms with Gasteiger partial charge in [0.05, 0.1) is 19.6 Å². The van der Waals surface area contributed by atoms with Gasteiger partial charge in [-0.3, -0.25) is 4.79 Å². The Morgan fingerprint density at radius 3 is 2.39 bits per heavy atom. The van der Waals surface area contributed by atoms with Crippen molar-refractivity contribution in [2.75, 3.05) is 7.11 Å².